The van der Waals surface area contributed by atoms with E-state index in [0.29, 0.717) is 48.2 Å². The lowest BCUT2D eigenvalue weighted by atomic mass is 9.75. The third kappa shape index (κ3) is 16.3. The summed E-state index contributed by atoms with van der Waals surface area (Å²) in [6, 6.07) is 0. The maximum Gasteiger partial charge on any atom is 0.417 e. The van der Waals surface area contributed by atoms with Crippen LogP contribution in [0.4, 0.5) is 0 Å². The summed E-state index contributed by atoms with van der Waals surface area (Å²) in [5.74, 6) is -0.685. The molecule has 0 amide bonds. The molecule has 3 rings (SSSR count). The number of unbranched alkanes of at least 4 members (excludes halogenated alkanes) is 3. The normalized spacial score (nSPS) is 27.3. The molecule has 10 heteroatoms. The Morgan fingerprint density at radius 3 is 1.67 bits per heavy atom. The standard InChI is InChI=1S/C44H70O10/c1-29(2)37-21-14-31(5)25-39(37)53-43(47)41(45)51-27-33(7)13-16-34(8)49-23-11-9-10-12-24-50-36-19-17-35(18-20-36)28-52-42(46)44(48)54-40-26-32(6)15-22-38(40)30(3)4/h13,16,29-32,35-40H,7-12,14-15,17-28H2,1-6H3/b16-13-. The summed E-state index contributed by atoms with van der Waals surface area (Å²) in [6.07, 6.45) is 16.5. The molecule has 3 fully saturated rings. The van der Waals surface area contributed by atoms with Gasteiger partial charge in [-0.05, 0) is 124 Å². The zero-order chi connectivity index (χ0) is 39.6. The zero-order valence-electron chi connectivity index (χ0n) is 34.2. The molecule has 3 saturated carbocycles. The average Bonchev–Trinajstić information content (AvgIpc) is 3.13. The number of carbonyl (C=O) groups excluding carboxylic acids is 4. The van der Waals surface area contributed by atoms with E-state index in [2.05, 4.69) is 54.7 Å². The van der Waals surface area contributed by atoms with E-state index in [4.69, 9.17) is 28.4 Å². The number of esters is 4. The molecule has 0 spiro atoms. The van der Waals surface area contributed by atoms with Crippen LogP contribution in [0.2, 0.25) is 0 Å². The first-order valence-corrected chi connectivity index (χ1v) is 20.8. The second kappa shape index (κ2) is 23.7. The molecule has 0 aromatic carbocycles. The summed E-state index contributed by atoms with van der Waals surface area (Å²) in [5, 5.41) is 0. The van der Waals surface area contributed by atoms with Crippen LogP contribution in [0.15, 0.2) is 36.6 Å². The first kappa shape index (κ1) is 45.3. The number of hydrogen-bond acceptors (Lipinski definition) is 10. The predicted molar refractivity (Wildman–Crippen MR) is 208 cm³/mol. The molecule has 10 nitrogen and oxygen atoms in total. The molecular weight excluding hydrogens is 688 g/mol. The van der Waals surface area contributed by atoms with Gasteiger partial charge >= 0.3 is 23.9 Å². The van der Waals surface area contributed by atoms with Gasteiger partial charge < -0.3 is 28.4 Å². The highest BCUT2D eigenvalue weighted by Gasteiger charge is 2.36. The predicted octanol–water partition coefficient (Wildman–Crippen LogP) is 8.86. The summed E-state index contributed by atoms with van der Waals surface area (Å²) in [4.78, 5) is 49.5. The molecule has 0 aliphatic heterocycles. The van der Waals surface area contributed by atoms with Crippen molar-refractivity contribution in [2.45, 2.75) is 150 Å². The van der Waals surface area contributed by atoms with Crippen molar-refractivity contribution < 1.29 is 47.6 Å². The minimum Gasteiger partial charge on any atom is -0.494 e. The van der Waals surface area contributed by atoms with Crippen LogP contribution in [0.3, 0.4) is 0 Å². The Hall–Kier alpha value is -3.14. The van der Waals surface area contributed by atoms with Crippen LogP contribution in [0.25, 0.3) is 0 Å². The smallest absolute Gasteiger partial charge is 0.417 e. The minimum atomic E-state index is -1.00. The van der Waals surface area contributed by atoms with E-state index in [-0.39, 0.29) is 49.3 Å². The fourth-order valence-electron chi connectivity index (χ4n) is 8.12. The van der Waals surface area contributed by atoms with Crippen molar-refractivity contribution >= 4 is 23.9 Å². The topological polar surface area (TPSA) is 124 Å². The van der Waals surface area contributed by atoms with Crippen LogP contribution in [0.1, 0.15) is 131 Å². The van der Waals surface area contributed by atoms with E-state index in [1.165, 1.54) is 0 Å². The van der Waals surface area contributed by atoms with Crippen molar-refractivity contribution in [3.05, 3.63) is 36.6 Å². The second-order valence-electron chi connectivity index (χ2n) is 16.9. The first-order valence-electron chi connectivity index (χ1n) is 20.8. The van der Waals surface area contributed by atoms with Crippen LogP contribution in [-0.2, 0) is 47.6 Å². The number of carbonyl (C=O) groups is 4. The highest BCUT2D eigenvalue weighted by Crippen LogP contribution is 2.36. The van der Waals surface area contributed by atoms with E-state index < -0.39 is 23.9 Å². The summed E-state index contributed by atoms with van der Waals surface area (Å²) in [5.41, 5.74) is 0.505. The lowest BCUT2D eigenvalue weighted by Gasteiger charge is -2.36. The Kier molecular flexibility index (Phi) is 19.9. The van der Waals surface area contributed by atoms with Gasteiger partial charge in [-0.3, -0.25) is 0 Å². The Bertz CT molecular complexity index is 1250. The quantitative estimate of drug-likeness (QED) is 0.0315. The van der Waals surface area contributed by atoms with E-state index >= 15 is 0 Å². The fourth-order valence-corrected chi connectivity index (χ4v) is 8.12. The highest BCUT2D eigenvalue weighted by atomic mass is 16.6. The van der Waals surface area contributed by atoms with Crippen LogP contribution in [0, 0.1) is 41.4 Å². The van der Waals surface area contributed by atoms with Crippen LogP contribution in [-0.4, -0.2) is 68.6 Å². The highest BCUT2D eigenvalue weighted by molar-refractivity contribution is 6.30. The largest absolute Gasteiger partial charge is 0.494 e. The summed E-state index contributed by atoms with van der Waals surface area (Å²) in [6.45, 7) is 22.0. The van der Waals surface area contributed by atoms with Gasteiger partial charge in [0.05, 0.1) is 19.3 Å². The van der Waals surface area contributed by atoms with Crippen molar-refractivity contribution in [2.24, 2.45) is 41.4 Å². The van der Waals surface area contributed by atoms with Crippen LogP contribution in [0.5, 0.6) is 0 Å². The van der Waals surface area contributed by atoms with Crippen molar-refractivity contribution in [3.8, 4) is 0 Å². The van der Waals surface area contributed by atoms with Gasteiger partial charge in [-0.1, -0.05) is 80.0 Å². The molecule has 0 saturated heterocycles. The van der Waals surface area contributed by atoms with Crippen molar-refractivity contribution in [2.75, 3.05) is 26.4 Å². The molecule has 0 heterocycles. The van der Waals surface area contributed by atoms with Crippen molar-refractivity contribution in [3.63, 3.8) is 0 Å². The van der Waals surface area contributed by atoms with E-state index in [9.17, 15) is 19.2 Å². The van der Waals surface area contributed by atoms with E-state index in [1.54, 1.807) is 12.2 Å². The lowest BCUT2D eigenvalue weighted by molar-refractivity contribution is -0.176. The zero-order valence-corrected chi connectivity index (χ0v) is 34.2. The molecule has 306 valence electrons. The van der Waals surface area contributed by atoms with Gasteiger partial charge in [0, 0.05) is 6.61 Å². The van der Waals surface area contributed by atoms with E-state index in [1.807, 2.05) is 0 Å². The Morgan fingerprint density at radius 2 is 1.13 bits per heavy atom. The Balaban J connectivity index is 1.16. The Labute approximate surface area is 325 Å². The third-order valence-corrected chi connectivity index (χ3v) is 11.6. The fraction of sp³-hybridized carbons (Fsp3) is 0.773. The summed E-state index contributed by atoms with van der Waals surface area (Å²) in [7, 11) is 0. The molecule has 3 aliphatic rings. The van der Waals surface area contributed by atoms with Crippen LogP contribution >= 0.6 is 0 Å². The van der Waals surface area contributed by atoms with Gasteiger partial charge in [0.2, 0.25) is 0 Å². The number of ether oxygens (including phenoxy) is 6. The third-order valence-electron chi connectivity index (χ3n) is 11.6. The SMILES string of the molecule is C=C(/C=C\C(=C)OCCCCCCOC1CCC(COC(=O)C(=O)OC2CC(C)CCC2C(C)C)CC1)COC(=O)C(=O)OC1CC(C)CCC1C(C)C. The van der Waals surface area contributed by atoms with Gasteiger partial charge in [-0.2, -0.15) is 0 Å². The summed E-state index contributed by atoms with van der Waals surface area (Å²) >= 11 is 0. The lowest BCUT2D eigenvalue weighted by Crippen LogP contribution is -2.38. The first-order chi connectivity index (χ1) is 25.7. The van der Waals surface area contributed by atoms with Crippen molar-refractivity contribution in [1.82, 2.24) is 0 Å². The molecule has 6 unspecified atom stereocenters. The molecule has 0 aromatic heterocycles. The number of allylic oxidation sites excluding steroid dienone is 1. The molecule has 54 heavy (non-hydrogen) atoms. The van der Waals surface area contributed by atoms with Gasteiger partial charge in [0.15, 0.2) is 0 Å². The molecule has 0 aromatic rings. The minimum absolute atomic E-state index is 0.123. The molecule has 0 N–H and O–H groups in total. The van der Waals surface area contributed by atoms with Crippen LogP contribution < -0.4 is 0 Å². The monoisotopic (exact) mass is 758 g/mol. The van der Waals surface area contributed by atoms with Gasteiger partial charge in [-0.25, -0.2) is 19.2 Å². The average molecular weight is 759 g/mol. The molecule has 0 bridgehead atoms. The van der Waals surface area contributed by atoms with Gasteiger partial charge in [0.25, 0.3) is 0 Å². The maximum atomic E-state index is 12.5. The Morgan fingerprint density at radius 1 is 0.611 bits per heavy atom. The van der Waals surface area contributed by atoms with Gasteiger partial charge in [0.1, 0.15) is 24.6 Å². The number of hydrogen-bond donors (Lipinski definition) is 0. The maximum absolute atomic E-state index is 12.5. The molecular formula is C44H70O10. The molecule has 6 atom stereocenters. The number of rotatable bonds is 19. The van der Waals surface area contributed by atoms with Gasteiger partial charge in [-0.15, -0.1) is 0 Å². The summed E-state index contributed by atoms with van der Waals surface area (Å²) < 4.78 is 33.5. The molecule has 0 radical (unpaired) electrons. The van der Waals surface area contributed by atoms with Crippen molar-refractivity contribution in [1.29, 1.82) is 0 Å². The van der Waals surface area contributed by atoms with E-state index in [0.717, 1.165) is 89.9 Å². The second-order valence-corrected chi connectivity index (χ2v) is 16.9. The molecule has 3 aliphatic carbocycles.